The lowest BCUT2D eigenvalue weighted by Crippen LogP contribution is -2.46. The number of carbonyl (C=O) groups excluding carboxylic acids is 1. The average Bonchev–Trinajstić information content (AvgIpc) is 3.00. The van der Waals surface area contributed by atoms with E-state index in [9.17, 15) is 4.79 Å². The quantitative estimate of drug-likeness (QED) is 0.202. The Hall–Kier alpha value is -5.17. The number of benzene rings is 4. The van der Waals surface area contributed by atoms with E-state index in [1.165, 1.54) is 0 Å². The maximum absolute atomic E-state index is 13.1. The maximum Gasteiger partial charge on any atom is 0.199 e. The van der Waals surface area contributed by atoms with Crippen molar-refractivity contribution in [2.45, 2.75) is 12.0 Å². The second-order valence-corrected chi connectivity index (χ2v) is 10.1. The molecule has 0 saturated carbocycles. The number of hydrogen-bond acceptors (Lipinski definition) is 2. The summed E-state index contributed by atoms with van der Waals surface area (Å²) in [5.74, 6) is 0.852. The molecular weight excluding hydrogens is 488 g/mol. The van der Waals surface area contributed by atoms with Crippen molar-refractivity contribution in [2.24, 2.45) is 0 Å². The summed E-state index contributed by atoms with van der Waals surface area (Å²) < 4.78 is 7.03. The fraction of sp³-hybridized carbons (Fsp3) is 0.0526. The highest BCUT2D eigenvalue weighted by molar-refractivity contribution is 6.09. The van der Waals surface area contributed by atoms with Crippen LogP contribution in [0.2, 0.25) is 0 Å². The molecule has 1 heterocycles. The molecular formula is C38H26O2. The monoisotopic (exact) mass is 514 g/mol. The van der Waals surface area contributed by atoms with Crippen molar-refractivity contribution in [1.82, 2.24) is 0 Å². The summed E-state index contributed by atoms with van der Waals surface area (Å²) in [4.78, 5) is 13.1. The van der Waals surface area contributed by atoms with E-state index in [0.717, 1.165) is 50.8 Å². The number of ether oxygens (including phenoxy) is 1. The molecule has 0 saturated heterocycles. The summed E-state index contributed by atoms with van der Waals surface area (Å²) in [6, 6.07) is 29.9. The van der Waals surface area contributed by atoms with Crippen LogP contribution in [-0.2, 0) is 0 Å². The first-order chi connectivity index (χ1) is 19.7. The maximum atomic E-state index is 13.1. The third kappa shape index (κ3) is 3.94. The smallest absolute Gasteiger partial charge is 0.199 e. The number of hydrogen-bond donors (Lipinski definition) is 0. The van der Waals surface area contributed by atoms with Gasteiger partial charge in [-0.2, -0.15) is 0 Å². The van der Waals surface area contributed by atoms with Gasteiger partial charge in [-0.25, -0.2) is 0 Å². The van der Waals surface area contributed by atoms with Crippen molar-refractivity contribution in [3.05, 3.63) is 179 Å². The number of carbonyl (C=O) groups is 1. The highest BCUT2D eigenvalue weighted by Crippen LogP contribution is 2.53. The third-order valence-corrected chi connectivity index (χ3v) is 7.68. The third-order valence-electron chi connectivity index (χ3n) is 7.68. The Bertz CT molecular complexity index is 1840. The van der Waals surface area contributed by atoms with E-state index in [2.05, 4.69) is 96.8 Å². The van der Waals surface area contributed by atoms with Gasteiger partial charge in [0.2, 0.25) is 0 Å². The van der Waals surface area contributed by atoms with E-state index in [4.69, 9.17) is 4.74 Å². The Balaban J connectivity index is 1.39. The standard InChI is InChI=1S/C38H26O2/c39-37(29-14-7-6-8-15-29)30-21-19-28(20-22-30)35-26-34-33-18-12-11-13-27(33)23-24-36(34)40-38(35)31-16-9-4-2-1-3-5-10-17-32(38)25-31/h2-24,26H,1H2/b4-2-,5-3-,16-9-,17-10?. The molecule has 1 unspecified atom stereocenters. The van der Waals surface area contributed by atoms with E-state index in [-0.39, 0.29) is 5.78 Å². The van der Waals surface area contributed by atoms with Crippen LogP contribution in [0.4, 0.5) is 0 Å². The van der Waals surface area contributed by atoms with Crippen molar-refractivity contribution in [3.63, 3.8) is 0 Å². The van der Waals surface area contributed by atoms with Crippen molar-refractivity contribution in [2.75, 3.05) is 0 Å². The SMILES string of the molecule is O=C(c1ccccc1)c1ccc(C2=Cc3c(ccc4ccccc34)OC23C2=C=C3/C=C\C=C/C/C=C\C=C2)cc1. The van der Waals surface area contributed by atoms with Gasteiger partial charge in [0.15, 0.2) is 11.4 Å². The predicted molar refractivity (Wildman–Crippen MR) is 163 cm³/mol. The Kier molecular flexibility index (Phi) is 5.89. The van der Waals surface area contributed by atoms with Crippen LogP contribution in [0.3, 0.4) is 0 Å². The van der Waals surface area contributed by atoms with Crippen molar-refractivity contribution in [3.8, 4) is 5.75 Å². The fourth-order valence-electron chi connectivity index (χ4n) is 5.64. The van der Waals surface area contributed by atoms with Gasteiger partial charge in [0.05, 0.1) is 0 Å². The van der Waals surface area contributed by atoms with Gasteiger partial charge in [-0.05, 0) is 47.1 Å². The van der Waals surface area contributed by atoms with E-state index >= 15 is 0 Å². The molecule has 3 aliphatic rings. The van der Waals surface area contributed by atoms with Crippen molar-refractivity contribution < 1.29 is 9.53 Å². The van der Waals surface area contributed by atoms with E-state index in [1.54, 1.807) is 0 Å². The summed E-state index contributed by atoms with van der Waals surface area (Å²) in [7, 11) is 0. The zero-order chi connectivity index (χ0) is 26.9. The Morgan fingerprint density at radius 1 is 0.700 bits per heavy atom. The Morgan fingerprint density at radius 2 is 1.38 bits per heavy atom. The number of allylic oxidation sites excluding steroid dienone is 6. The van der Waals surface area contributed by atoms with Crippen LogP contribution < -0.4 is 4.74 Å². The first-order valence-corrected chi connectivity index (χ1v) is 13.6. The Labute approximate surface area is 233 Å². The van der Waals surface area contributed by atoms with Crippen LogP contribution in [0.5, 0.6) is 5.75 Å². The molecule has 2 heteroatoms. The molecule has 1 aliphatic heterocycles. The molecule has 4 aromatic carbocycles. The molecule has 2 bridgehead atoms. The zero-order valence-electron chi connectivity index (χ0n) is 21.9. The van der Waals surface area contributed by atoms with Gasteiger partial charge in [-0.3, -0.25) is 4.79 Å². The molecule has 190 valence electrons. The minimum Gasteiger partial charge on any atom is -0.471 e. The lowest BCUT2D eigenvalue weighted by atomic mass is 9.68. The van der Waals surface area contributed by atoms with Gasteiger partial charge in [-0.15, -0.1) is 5.73 Å². The molecule has 7 rings (SSSR count). The summed E-state index contributed by atoms with van der Waals surface area (Å²) in [5, 5.41) is 2.31. The summed E-state index contributed by atoms with van der Waals surface area (Å²) in [6.07, 6.45) is 19.8. The number of fused-ring (bicyclic) bond motifs is 5. The van der Waals surface area contributed by atoms with Crippen LogP contribution in [0.1, 0.15) is 33.5 Å². The van der Waals surface area contributed by atoms with E-state index in [1.807, 2.05) is 54.6 Å². The van der Waals surface area contributed by atoms with Gasteiger partial charge in [0.1, 0.15) is 5.75 Å². The lowest BCUT2D eigenvalue weighted by Gasteiger charge is -2.44. The van der Waals surface area contributed by atoms with Gasteiger partial charge in [0.25, 0.3) is 0 Å². The zero-order valence-corrected chi connectivity index (χ0v) is 21.9. The van der Waals surface area contributed by atoms with Gasteiger partial charge in [-0.1, -0.05) is 121 Å². The summed E-state index contributed by atoms with van der Waals surface area (Å²) >= 11 is 0. The van der Waals surface area contributed by atoms with Crippen LogP contribution >= 0.6 is 0 Å². The molecule has 0 aromatic heterocycles. The Morgan fingerprint density at radius 3 is 2.12 bits per heavy atom. The van der Waals surface area contributed by atoms with Crippen LogP contribution in [0.15, 0.2) is 156 Å². The number of rotatable bonds is 3. The van der Waals surface area contributed by atoms with Gasteiger partial charge in [0, 0.05) is 33.4 Å². The highest BCUT2D eigenvalue weighted by Gasteiger charge is 2.50. The van der Waals surface area contributed by atoms with Crippen LogP contribution in [0.25, 0.3) is 22.4 Å². The first kappa shape index (κ1) is 23.9. The lowest BCUT2D eigenvalue weighted by molar-refractivity contribution is 0.103. The topological polar surface area (TPSA) is 26.3 Å². The summed E-state index contributed by atoms with van der Waals surface area (Å²) in [5.41, 5.74) is 9.10. The molecule has 0 radical (unpaired) electrons. The second-order valence-electron chi connectivity index (χ2n) is 10.1. The fourth-order valence-corrected chi connectivity index (χ4v) is 5.64. The van der Waals surface area contributed by atoms with Gasteiger partial charge < -0.3 is 4.74 Å². The molecule has 1 spiro atoms. The van der Waals surface area contributed by atoms with Crippen molar-refractivity contribution >= 4 is 28.2 Å². The summed E-state index contributed by atoms with van der Waals surface area (Å²) in [6.45, 7) is 0. The van der Waals surface area contributed by atoms with E-state index in [0.29, 0.717) is 11.1 Å². The normalized spacial score (nSPS) is 21.4. The molecule has 2 aliphatic carbocycles. The molecule has 1 atom stereocenters. The largest absolute Gasteiger partial charge is 0.471 e. The molecule has 4 aromatic rings. The van der Waals surface area contributed by atoms with Crippen molar-refractivity contribution in [1.29, 1.82) is 0 Å². The molecule has 0 fully saturated rings. The molecule has 0 N–H and O–H groups in total. The minimum absolute atomic E-state index is 0.00999. The minimum atomic E-state index is -0.811. The van der Waals surface area contributed by atoms with Gasteiger partial charge >= 0.3 is 0 Å². The van der Waals surface area contributed by atoms with Crippen LogP contribution in [0, 0.1) is 0 Å². The molecule has 40 heavy (non-hydrogen) atoms. The van der Waals surface area contributed by atoms with Crippen LogP contribution in [-0.4, -0.2) is 11.4 Å². The molecule has 2 nitrogen and oxygen atoms in total. The molecule has 0 amide bonds. The average molecular weight is 515 g/mol. The first-order valence-electron chi connectivity index (χ1n) is 13.6. The second kappa shape index (κ2) is 9.85. The van der Waals surface area contributed by atoms with E-state index < -0.39 is 5.60 Å². The highest BCUT2D eigenvalue weighted by atomic mass is 16.5. The number of ketones is 1. The predicted octanol–water partition coefficient (Wildman–Crippen LogP) is 8.84.